The van der Waals surface area contributed by atoms with E-state index >= 15 is 0 Å². The lowest BCUT2D eigenvalue weighted by Crippen LogP contribution is -2.31. The molecule has 2 aromatic heterocycles. The standard InChI is InChI=1S/C13H15N3OS/c1-9-11(8-17)6-14-13(15-9)16-4-2-12-10(7-16)3-5-18-12/h3,5-6,17H,2,4,7-8H2,1H3. The zero-order valence-electron chi connectivity index (χ0n) is 10.3. The number of nitrogens with zero attached hydrogens (tertiary/aromatic N) is 3. The van der Waals surface area contributed by atoms with Gasteiger partial charge in [-0.3, -0.25) is 0 Å². The number of thiophene rings is 1. The van der Waals surface area contributed by atoms with Crippen molar-refractivity contribution in [2.45, 2.75) is 26.5 Å². The number of aryl methyl sites for hydroxylation is 1. The monoisotopic (exact) mass is 261 g/mol. The SMILES string of the molecule is Cc1nc(N2CCc3sccc3C2)ncc1CO. The van der Waals surface area contributed by atoms with E-state index in [0.717, 1.165) is 36.7 Å². The molecule has 18 heavy (non-hydrogen) atoms. The molecule has 2 aromatic rings. The summed E-state index contributed by atoms with van der Waals surface area (Å²) >= 11 is 1.83. The van der Waals surface area contributed by atoms with Crippen LogP contribution in [0.3, 0.4) is 0 Å². The molecule has 4 nitrogen and oxygen atoms in total. The minimum atomic E-state index is 0.000786. The van der Waals surface area contributed by atoms with Crippen LogP contribution in [0, 0.1) is 6.92 Å². The van der Waals surface area contributed by atoms with Gasteiger partial charge < -0.3 is 10.0 Å². The van der Waals surface area contributed by atoms with Gasteiger partial charge in [-0.2, -0.15) is 0 Å². The van der Waals surface area contributed by atoms with Crippen molar-refractivity contribution in [3.8, 4) is 0 Å². The Morgan fingerprint density at radius 2 is 2.39 bits per heavy atom. The summed E-state index contributed by atoms with van der Waals surface area (Å²) in [5.74, 6) is 0.765. The molecule has 0 bridgehead atoms. The molecule has 0 saturated heterocycles. The molecule has 0 radical (unpaired) electrons. The van der Waals surface area contributed by atoms with Crippen LogP contribution in [0.5, 0.6) is 0 Å². The van der Waals surface area contributed by atoms with Gasteiger partial charge in [0.2, 0.25) is 5.95 Å². The van der Waals surface area contributed by atoms with Gasteiger partial charge in [0, 0.05) is 35.4 Å². The van der Waals surface area contributed by atoms with Crippen LogP contribution in [0.4, 0.5) is 5.95 Å². The van der Waals surface area contributed by atoms with E-state index in [9.17, 15) is 0 Å². The van der Waals surface area contributed by atoms with Crippen molar-refractivity contribution in [2.75, 3.05) is 11.4 Å². The van der Waals surface area contributed by atoms with Crippen LogP contribution in [-0.4, -0.2) is 21.6 Å². The molecule has 0 aromatic carbocycles. The predicted molar refractivity (Wildman–Crippen MR) is 71.8 cm³/mol. The predicted octanol–water partition coefficient (Wildman–Crippen LogP) is 1.90. The van der Waals surface area contributed by atoms with Gasteiger partial charge in [0.1, 0.15) is 0 Å². The number of hydrogen-bond donors (Lipinski definition) is 1. The Labute approximate surface area is 110 Å². The Kier molecular flexibility index (Phi) is 3.01. The van der Waals surface area contributed by atoms with Gasteiger partial charge >= 0.3 is 0 Å². The summed E-state index contributed by atoms with van der Waals surface area (Å²) in [6, 6.07) is 2.18. The van der Waals surface area contributed by atoms with Crippen molar-refractivity contribution >= 4 is 17.3 Å². The van der Waals surface area contributed by atoms with Crippen molar-refractivity contribution < 1.29 is 5.11 Å². The third kappa shape index (κ3) is 2.00. The summed E-state index contributed by atoms with van der Waals surface area (Å²) in [6.07, 6.45) is 2.79. The molecule has 1 N–H and O–H groups in total. The van der Waals surface area contributed by atoms with Gasteiger partial charge in [0.05, 0.1) is 6.61 Å². The highest BCUT2D eigenvalue weighted by Gasteiger charge is 2.19. The topological polar surface area (TPSA) is 49.2 Å². The first-order valence-electron chi connectivity index (χ1n) is 6.01. The van der Waals surface area contributed by atoms with Crippen molar-refractivity contribution in [3.63, 3.8) is 0 Å². The highest BCUT2D eigenvalue weighted by atomic mass is 32.1. The van der Waals surface area contributed by atoms with Crippen molar-refractivity contribution in [1.82, 2.24) is 9.97 Å². The molecular formula is C13H15N3OS. The quantitative estimate of drug-likeness (QED) is 0.897. The minimum Gasteiger partial charge on any atom is -0.392 e. The van der Waals surface area contributed by atoms with E-state index in [4.69, 9.17) is 5.11 Å². The first-order chi connectivity index (χ1) is 8.78. The zero-order valence-corrected chi connectivity index (χ0v) is 11.1. The molecule has 0 saturated carbocycles. The third-order valence-electron chi connectivity index (χ3n) is 3.33. The average molecular weight is 261 g/mol. The van der Waals surface area contributed by atoms with Crippen molar-refractivity contribution in [3.05, 3.63) is 39.3 Å². The number of anilines is 1. The molecule has 0 amide bonds. The van der Waals surface area contributed by atoms with E-state index < -0.39 is 0 Å². The maximum atomic E-state index is 9.13. The fourth-order valence-corrected chi connectivity index (χ4v) is 3.10. The van der Waals surface area contributed by atoms with Crippen molar-refractivity contribution in [2.24, 2.45) is 0 Å². The number of fused-ring (bicyclic) bond motifs is 1. The molecule has 0 aliphatic carbocycles. The molecule has 3 rings (SSSR count). The van der Waals surface area contributed by atoms with Crippen LogP contribution in [-0.2, 0) is 19.6 Å². The molecule has 5 heteroatoms. The van der Waals surface area contributed by atoms with Crippen LogP contribution >= 0.6 is 11.3 Å². The summed E-state index contributed by atoms with van der Waals surface area (Å²) in [7, 11) is 0. The fraction of sp³-hybridized carbons (Fsp3) is 0.385. The number of hydrogen-bond acceptors (Lipinski definition) is 5. The Hall–Kier alpha value is -1.46. The van der Waals surface area contributed by atoms with Gasteiger partial charge in [-0.1, -0.05) is 0 Å². The van der Waals surface area contributed by atoms with E-state index in [1.54, 1.807) is 6.20 Å². The maximum absolute atomic E-state index is 9.13. The molecule has 3 heterocycles. The molecule has 0 atom stereocenters. The molecular weight excluding hydrogens is 246 g/mol. The average Bonchev–Trinajstić information content (AvgIpc) is 2.85. The summed E-state index contributed by atoms with van der Waals surface area (Å²) in [5, 5.41) is 11.3. The second-order valence-electron chi connectivity index (χ2n) is 4.48. The van der Waals surface area contributed by atoms with Crippen LogP contribution in [0.2, 0.25) is 0 Å². The van der Waals surface area contributed by atoms with Gasteiger partial charge in [-0.25, -0.2) is 9.97 Å². The lowest BCUT2D eigenvalue weighted by molar-refractivity contribution is 0.280. The Balaban J connectivity index is 1.86. The van der Waals surface area contributed by atoms with E-state index in [-0.39, 0.29) is 6.61 Å². The minimum absolute atomic E-state index is 0.000786. The Morgan fingerprint density at radius 1 is 1.50 bits per heavy atom. The number of aliphatic hydroxyl groups is 1. The lowest BCUT2D eigenvalue weighted by atomic mass is 10.1. The van der Waals surface area contributed by atoms with Gasteiger partial charge in [-0.05, 0) is 30.4 Å². The van der Waals surface area contributed by atoms with E-state index in [2.05, 4.69) is 26.3 Å². The summed E-state index contributed by atoms with van der Waals surface area (Å²) < 4.78 is 0. The summed E-state index contributed by atoms with van der Waals surface area (Å²) in [5.41, 5.74) is 3.05. The molecule has 0 unspecified atom stereocenters. The number of aromatic nitrogens is 2. The van der Waals surface area contributed by atoms with Gasteiger partial charge in [0.15, 0.2) is 0 Å². The second kappa shape index (κ2) is 4.66. The summed E-state index contributed by atoms with van der Waals surface area (Å²) in [6.45, 7) is 3.76. The lowest BCUT2D eigenvalue weighted by Gasteiger charge is -2.27. The largest absolute Gasteiger partial charge is 0.392 e. The Morgan fingerprint density at radius 3 is 3.17 bits per heavy atom. The highest BCUT2D eigenvalue weighted by molar-refractivity contribution is 7.10. The number of aliphatic hydroxyl groups excluding tert-OH is 1. The van der Waals surface area contributed by atoms with Gasteiger partial charge in [0.25, 0.3) is 0 Å². The highest BCUT2D eigenvalue weighted by Crippen LogP contribution is 2.26. The molecule has 0 fully saturated rings. The normalized spacial score (nSPS) is 14.7. The molecule has 94 valence electrons. The maximum Gasteiger partial charge on any atom is 0.225 e. The molecule has 1 aliphatic rings. The van der Waals surface area contributed by atoms with Gasteiger partial charge in [-0.15, -0.1) is 11.3 Å². The first kappa shape index (κ1) is 11.6. The van der Waals surface area contributed by atoms with Crippen LogP contribution in [0.25, 0.3) is 0 Å². The zero-order chi connectivity index (χ0) is 12.5. The summed E-state index contributed by atoms with van der Waals surface area (Å²) in [4.78, 5) is 12.5. The second-order valence-corrected chi connectivity index (χ2v) is 5.48. The molecule has 0 spiro atoms. The van der Waals surface area contributed by atoms with Crippen LogP contribution in [0.15, 0.2) is 17.6 Å². The van der Waals surface area contributed by atoms with Crippen LogP contribution < -0.4 is 4.90 Å². The third-order valence-corrected chi connectivity index (χ3v) is 4.35. The van der Waals surface area contributed by atoms with E-state index in [1.165, 1.54) is 10.4 Å². The van der Waals surface area contributed by atoms with Crippen LogP contribution in [0.1, 0.15) is 21.7 Å². The number of rotatable bonds is 2. The fourth-order valence-electron chi connectivity index (χ4n) is 2.21. The Bertz CT molecular complexity index is 567. The van der Waals surface area contributed by atoms with E-state index in [0.29, 0.717) is 0 Å². The van der Waals surface area contributed by atoms with Crippen molar-refractivity contribution in [1.29, 1.82) is 0 Å². The van der Waals surface area contributed by atoms with E-state index in [1.807, 2.05) is 18.3 Å². The first-order valence-corrected chi connectivity index (χ1v) is 6.89. The molecule has 1 aliphatic heterocycles. The smallest absolute Gasteiger partial charge is 0.225 e.